The first-order chi connectivity index (χ1) is 6.36. The maximum Gasteiger partial charge on any atom is 0.0406 e. The Kier molecular flexibility index (Phi) is 2.87. The molecule has 1 nitrogen and oxygen atoms in total. The first-order valence-electron chi connectivity index (χ1n) is 4.69. The molecule has 0 aromatic heterocycles. The van der Waals surface area contributed by atoms with Crippen LogP contribution in [0, 0.1) is 6.54 Å². The van der Waals surface area contributed by atoms with Crippen molar-refractivity contribution in [2.75, 3.05) is 0 Å². The van der Waals surface area contributed by atoms with E-state index in [4.69, 9.17) is 11.6 Å². The van der Waals surface area contributed by atoms with E-state index in [1.54, 1.807) is 0 Å². The number of rotatable bonds is 1. The predicted octanol–water partition coefficient (Wildman–Crippen LogP) is 3.32. The van der Waals surface area contributed by atoms with Crippen molar-refractivity contribution in [1.29, 1.82) is 0 Å². The van der Waals surface area contributed by atoms with Crippen LogP contribution in [0.1, 0.15) is 30.9 Å². The molecule has 13 heavy (non-hydrogen) atoms. The largest absolute Gasteiger partial charge is 0.306 e. The molecule has 0 aliphatic carbocycles. The smallest absolute Gasteiger partial charge is 0.0406 e. The average molecular weight is 195 g/mol. The van der Waals surface area contributed by atoms with Gasteiger partial charge in [-0.25, -0.2) is 0 Å². The van der Waals surface area contributed by atoms with Gasteiger partial charge in [-0.1, -0.05) is 23.7 Å². The van der Waals surface area contributed by atoms with Crippen LogP contribution in [-0.2, 0) is 0 Å². The number of hydrogen-bond donors (Lipinski definition) is 1. The molecule has 1 aliphatic heterocycles. The number of nitrogens with one attached hydrogen (secondary N) is 1. The van der Waals surface area contributed by atoms with E-state index in [0.717, 1.165) is 5.02 Å². The Bertz CT molecular complexity index is 262. The molecule has 0 bridgehead atoms. The lowest BCUT2D eigenvalue weighted by atomic mass is 9.98. The van der Waals surface area contributed by atoms with Gasteiger partial charge in [0.2, 0.25) is 0 Å². The van der Waals surface area contributed by atoms with Crippen molar-refractivity contribution < 1.29 is 0 Å². The van der Waals surface area contributed by atoms with E-state index >= 15 is 0 Å². The lowest BCUT2D eigenvalue weighted by Gasteiger charge is -2.23. The third kappa shape index (κ3) is 2.23. The summed E-state index contributed by atoms with van der Waals surface area (Å²) in [5.41, 5.74) is 1.33. The van der Waals surface area contributed by atoms with Crippen LogP contribution in [-0.4, -0.2) is 0 Å². The topological polar surface area (TPSA) is 12.0 Å². The number of halogens is 1. The van der Waals surface area contributed by atoms with Crippen molar-refractivity contribution in [3.8, 4) is 0 Å². The molecule has 1 fully saturated rings. The lowest BCUT2D eigenvalue weighted by molar-refractivity contribution is 0.458. The van der Waals surface area contributed by atoms with Gasteiger partial charge in [0, 0.05) is 17.6 Å². The summed E-state index contributed by atoms with van der Waals surface area (Å²) < 4.78 is 0. The van der Waals surface area contributed by atoms with Crippen LogP contribution in [0.2, 0.25) is 5.02 Å². The van der Waals surface area contributed by atoms with Gasteiger partial charge in [-0.2, -0.15) is 0 Å². The molecule has 1 N–H and O–H groups in total. The summed E-state index contributed by atoms with van der Waals surface area (Å²) in [6.45, 7) is 2.16. The molecule has 0 amide bonds. The SMILES string of the molecule is Clc1ccc(C2CCC[CH]N2)cc1. The van der Waals surface area contributed by atoms with Gasteiger partial charge in [0.25, 0.3) is 0 Å². The number of hydrogen-bond acceptors (Lipinski definition) is 1. The van der Waals surface area contributed by atoms with Crippen molar-refractivity contribution in [3.05, 3.63) is 41.4 Å². The zero-order valence-corrected chi connectivity index (χ0v) is 8.22. The third-order valence-electron chi connectivity index (χ3n) is 2.43. The average Bonchev–Trinajstić information content (AvgIpc) is 2.20. The van der Waals surface area contributed by atoms with Crippen molar-refractivity contribution in [2.24, 2.45) is 0 Å². The van der Waals surface area contributed by atoms with Crippen LogP contribution in [0.4, 0.5) is 0 Å². The van der Waals surface area contributed by atoms with Crippen LogP contribution in [0.15, 0.2) is 24.3 Å². The highest BCUT2D eigenvalue weighted by Crippen LogP contribution is 2.24. The molecule has 1 radical (unpaired) electrons. The third-order valence-corrected chi connectivity index (χ3v) is 2.68. The monoisotopic (exact) mass is 194 g/mol. The normalized spacial score (nSPS) is 23.0. The summed E-state index contributed by atoms with van der Waals surface area (Å²) >= 11 is 5.82. The number of benzene rings is 1. The minimum absolute atomic E-state index is 0.492. The Morgan fingerprint density at radius 1 is 1.23 bits per heavy atom. The van der Waals surface area contributed by atoms with Gasteiger partial charge in [-0.3, -0.25) is 0 Å². The van der Waals surface area contributed by atoms with E-state index in [1.165, 1.54) is 24.8 Å². The van der Waals surface area contributed by atoms with Gasteiger partial charge >= 0.3 is 0 Å². The maximum atomic E-state index is 5.82. The predicted molar refractivity (Wildman–Crippen MR) is 55.5 cm³/mol. The van der Waals surface area contributed by atoms with Gasteiger partial charge in [-0.05, 0) is 37.0 Å². The Morgan fingerprint density at radius 2 is 2.00 bits per heavy atom. The minimum atomic E-state index is 0.492. The highest BCUT2D eigenvalue weighted by Gasteiger charge is 2.13. The summed E-state index contributed by atoms with van der Waals surface area (Å²) in [7, 11) is 0. The highest BCUT2D eigenvalue weighted by molar-refractivity contribution is 6.30. The van der Waals surface area contributed by atoms with Crippen molar-refractivity contribution >= 4 is 11.6 Å². The van der Waals surface area contributed by atoms with E-state index in [-0.39, 0.29) is 0 Å². The lowest BCUT2D eigenvalue weighted by Crippen LogP contribution is -2.22. The molecule has 1 heterocycles. The summed E-state index contributed by atoms with van der Waals surface area (Å²) in [6.07, 6.45) is 3.68. The Hall–Kier alpha value is -0.530. The first-order valence-corrected chi connectivity index (χ1v) is 5.07. The van der Waals surface area contributed by atoms with Gasteiger partial charge in [0.1, 0.15) is 0 Å². The Labute approximate surface area is 84.1 Å². The van der Waals surface area contributed by atoms with E-state index in [1.807, 2.05) is 12.1 Å². The van der Waals surface area contributed by atoms with E-state index in [0.29, 0.717) is 6.04 Å². The Morgan fingerprint density at radius 3 is 2.62 bits per heavy atom. The summed E-state index contributed by atoms with van der Waals surface area (Å²) in [5, 5.41) is 4.20. The molecule has 69 valence electrons. The molecule has 1 saturated heterocycles. The molecule has 1 unspecified atom stereocenters. The van der Waals surface area contributed by atoms with Gasteiger partial charge in [0.05, 0.1) is 0 Å². The maximum absolute atomic E-state index is 5.82. The summed E-state index contributed by atoms with van der Waals surface area (Å²) in [5.74, 6) is 0. The zero-order valence-electron chi connectivity index (χ0n) is 7.46. The molecule has 1 aliphatic rings. The van der Waals surface area contributed by atoms with Gasteiger partial charge in [-0.15, -0.1) is 0 Å². The first kappa shape index (κ1) is 9.04. The van der Waals surface area contributed by atoms with Crippen LogP contribution in [0.25, 0.3) is 0 Å². The van der Waals surface area contributed by atoms with Crippen molar-refractivity contribution in [1.82, 2.24) is 5.32 Å². The second-order valence-electron chi connectivity index (χ2n) is 3.41. The van der Waals surface area contributed by atoms with Crippen LogP contribution >= 0.6 is 11.6 Å². The van der Waals surface area contributed by atoms with Crippen molar-refractivity contribution in [3.63, 3.8) is 0 Å². The van der Waals surface area contributed by atoms with E-state index < -0.39 is 0 Å². The fraction of sp³-hybridized carbons (Fsp3) is 0.364. The summed E-state index contributed by atoms with van der Waals surface area (Å²) in [6, 6.07) is 8.59. The van der Waals surface area contributed by atoms with Gasteiger partial charge < -0.3 is 5.32 Å². The molecule has 1 aromatic carbocycles. The van der Waals surface area contributed by atoms with Crippen LogP contribution < -0.4 is 5.32 Å². The Balaban J connectivity index is 2.10. The second kappa shape index (κ2) is 4.12. The second-order valence-corrected chi connectivity index (χ2v) is 3.84. The van der Waals surface area contributed by atoms with Crippen molar-refractivity contribution in [2.45, 2.75) is 25.3 Å². The van der Waals surface area contributed by atoms with E-state index in [2.05, 4.69) is 24.0 Å². The fourth-order valence-corrected chi connectivity index (χ4v) is 1.82. The van der Waals surface area contributed by atoms with Crippen LogP contribution in [0.3, 0.4) is 0 Å². The fourth-order valence-electron chi connectivity index (χ4n) is 1.69. The molecule has 2 heteroatoms. The molecular weight excluding hydrogens is 182 g/mol. The summed E-state index contributed by atoms with van der Waals surface area (Å²) in [4.78, 5) is 0. The molecule has 0 spiro atoms. The number of piperidine rings is 1. The molecule has 1 aromatic rings. The minimum Gasteiger partial charge on any atom is -0.306 e. The zero-order chi connectivity index (χ0) is 9.10. The molecule has 2 rings (SSSR count). The van der Waals surface area contributed by atoms with Crippen LogP contribution in [0.5, 0.6) is 0 Å². The standard InChI is InChI=1S/C11H13ClN/c12-10-6-4-9(5-7-10)11-3-1-2-8-13-11/h4-8,11,13H,1-3H2. The quantitative estimate of drug-likeness (QED) is 0.724. The van der Waals surface area contributed by atoms with Gasteiger partial charge in [0.15, 0.2) is 0 Å². The van der Waals surface area contributed by atoms with E-state index in [9.17, 15) is 0 Å². The highest BCUT2D eigenvalue weighted by atomic mass is 35.5. The molecule has 0 saturated carbocycles. The molecule has 1 atom stereocenters. The molecular formula is C11H13ClN.